The third-order valence-electron chi connectivity index (χ3n) is 2.86. The molecule has 128 valence electrons. The smallest absolute Gasteiger partial charge is 0.341 e. The summed E-state index contributed by atoms with van der Waals surface area (Å²) in [6, 6.07) is 8.61. The van der Waals surface area contributed by atoms with Crippen LogP contribution in [0.25, 0.3) is 0 Å². The molecule has 0 spiro atoms. The van der Waals surface area contributed by atoms with E-state index in [1.54, 1.807) is 0 Å². The second-order valence-electron chi connectivity index (χ2n) is 4.64. The summed E-state index contributed by atoms with van der Waals surface area (Å²) >= 11 is 0. The van der Waals surface area contributed by atoms with Crippen molar-refractivity contribution < 1.29 is 32.2 Å². The van der Waals surface area contributed by atoms with Crippen LogP contribution in [0.2, 0.25) is 0 Å². The lowest BCUT2D eigenvalue weighted by molar-refractivity contribution is -0.139. The summed E-state index contributed by atoms with van der Waals surface area (Å²) in [5.74, 6) is -1.41. The number of benzene rings is 2. The highest BCUT2D eigenvalue weighted by Crippen LogP contribution is 2.23. The molecule has 0 radical (unpaired) electrons. The first kappa shape index (κ1) is 17.5. The molecule has 0 saturated carbocycles. The van der Waals surface area contributed by atoms with Crippen molar-refractivity contribution in [2.45, 2.75) is 4.90 Å². The molecule has 0 saturated heterocycles. The predicted octanol–water partition coefficient (Wildman–Crippen LogP) is 2.10. The van der Waals surface area contributed by atoms with Crippen LogP contribution in [0.15, 0.2) is 47.4 Å². The molecule has 2 aromatic rings. The minimum atomic E-state index is -3.95. The van der Waals surface area contributed by atoms with E-state index in [0.29, 0.717) is 0 Å². The van der Waals surface area contributed by atoms with E-state index >= 15 is 0 Å². The van der Waals surface area contributed by atoms with Crippen LogP contribution in [0, 0.1) is 5.82 Å². The highest BCUT2D eigenvalue weighted by molar-refractivity contribution is 7.92. The average Bonchev–Trinajstić information content (AvgIpc) is 2.52. The number of hydrogen-bond donors (Lipinski definition) is 2. The molecule has 2 aromatic carbocycles. The fraction of sp³-hybridized carbons (Fsp3) is 0.133. The summed E-state index contributed by atoms with van der Waals surface area (Å²) in [4.78, 5) is 10.3. The third-order valence-corrected chi connectivity index (χ3v) is 4.25. The lowest BCUT2D eigenvalue weighted by Crippen LogP contribution is -2.13. The molecular weight excluding hydrogens is 341 g/mol. The standard InChI is InChI=1S/C15H14FNO6S/c1-22-13-7-10(16)6-11(8-13)17-24(20,21)14-4-2-12(3-5-14)23-9-15(18)19/h2-8,17H,9H2,1H3,(H,18,19). The predicted molar refractivity (Wildman–Crippen MR) is 83.3 cm³/mol. The number of halogens is 1. The van der Waals surface area contributed by atoms with E-state index in [4.69, 9.17) is 14.6 Å². The van der Waals surface area contributed by atoms with E-state index in [2.05, 4.69) is 4.72 Å². The van der Waals surface area contributed by atoms with Gasteiger partial charge in [0.05, 0.1) is 17.7 Å². The number of sulfonamides is 1. The number of carboxylic acids is 1. The first-order chi connectivity index (χ1) is 11.3. The van der Waals surface area contributed by atoms with Crippen molar-refractivity contribution >= 4 is 21.7 Å². The molecule has 2 rings (SSSR count). The number of aliphatic carboxylic acids is 1. The Hall–Kier alpha value is -2.81. The maximum Gasteiger partial charge on any atom is 0.341 e. The van der Waals surface area contributed by atoms with Crippen LogP contribution in [-0.2, 0) is 14.8 Å². The molecule has 9 heteroatoms. The van der Waals surface area contributed by atoms with Gasteiger partial charge in [-0.1, -0.05) is 0 Å². The average molecular weight is 355 g/mol. The third kappa shape index (κ3) is 4.59. The number of hydrogen-bond acceptors (Lipinski definition) is 5. The van der Waals surface area contributed by atoms with E-state index in [9.17, 15) is 17.6 Å². The van der Waals surface area contributed by atoms with Gasteiger partial charge in [0, 0.05) is 12.1 Å². The van der Waals surface area contributed by atoms with E-state index in [-0.39, 0.29) is 22.1 Å². The largest absolute Gasteiger partial charge is 0.497 e. The number of rotatable bonds is 7. The number of nitrogens with one attached hydrogen (secondary N) is 1. The number of carbonyl (C=O) groups is 1. The Morgan fingerprint density at radius 2 is 1.83 bits per heavy atom. The van der Waals surface area contributed by atoms with E-state index in [0.717, 1.165) is 12.1 Å². The lowest BCUT2D eigenvalue weighted by atomic mass is 10.3. The number of anilines is 1. The second kappa shape index (κ2) is 7.18. The monoisotopic (exact) mass is 355 g/mol. The normalized spacial score (nSPS) is 10.9. The number of methoxy groups -OCH3 is 1. The van der Waals surface area contributed by atoms with Gasteiger partial charge >= 0.3 is 5.97 Å². The quantitative estimate of drug-likeness (QED) is 0.789. The summed E-state index contributed by atoms with van der Waals surface area (Å²) in [5.41, 5.74) is 0.0121. The highest BCUT2D eigenvalue weighted by atomic mass is 32.2. The van der Waals surface area contributed by atoms with Gasteiger partial charge in [0.1, 0.15) is 17.3 Å². The maximum absolute atomic E-state index is 13.4. The minimum Gasteiger partial charge on any atom is -0.497 e. The van der Waals surface area contributed by atoms with Gasteiger partial charge in [0.15, 0.2) is 6.61 Å². The van der Waals surface area contributed by atoms with Crippen LogP contribution in [0.4, 0.5) is 10.1 Å². The fourth-order valence-electron chi connectivity index (χ4n) is 1.81. The molecule has 0 aliphatic rings. The van der Waals surface area contributed by atoms with Crippen molar-refractivity contribution in [3.8, 4) is 11.5 Å². The number of carboxylic acid groups (broad SMARTS) is 1. The zero-order valence-electron chi connectivity index (χ0n) is 12.5. The van der Waals surface area contributed by atoms with E-state index in [1.165, 1.54) is 37.4 Å². The van der Waals surface area contributed by atoms with Gasteiger partial charge in [-0.05, 0) is 30.3 Å². The zero-order chi connectivity index (χ0) is 17.7. The van der Waals surface area contributed by atoms with Crippen molar-refractivity contribution in [3.63, 3.8) is 0 Å². The molecule has 0 heterocycles. The van der Waals surface area contributed by atoms with Gasteiger partial charge in [-0.3, -0.25) is 4.72 Å². The lowest BCUT2D eigenvalue weighted by Gasteiger charge is -2.10. The molecule has 2 N–H and O–H groups in total. The van der Waals surface area contributed by atoms with Crippen LogP contribution in [0.3, 0.4) is 0 Å². The summed E-state index contributed by atoms with van der Waals surface area (Å²) in [5, 5.41) is 8.52. The first-order valence-corrected chi connectivity index (χ1v) is 8.10. The van der Waals surface area contributed by atoms with Gasteiger partial charge in [-0.25, -0.2) is 17.6 Å². The Bertz CT molecular complexity index is 836. The number of ether oxygens (including phenoxy) is 2. The Kier molecular flexibility index (Phi) is 5.24. The van der Waals surface area contributed by atoms with Crippen LogP contribution in [0.1, 0.15) is 0 Å². The second-order valence-corrected chi connectivity index (χ2v) is 6.32. The molecule has 0 aromatic heterocycles. The van der Waals surface area contributed by atoms with Crippen LogP contribution in [0.5, 0.6) is 11.5 Å². The molecule has 0 bridgehead atoms. The zero-order valence-corrected chi connectivity index (χ0v) is 13.3. The molecule has 0 aliphatic carbocycles. The fourth-order valence-corrected chi connectivity index (χ4v) is 2.85. The van der Waals surface area contributed by atoms with Crippen molar-refractivity contribution in [2.24, 2.45) is 0 Å². The van der Waals surface area contributed by atoms with Crippen molar-refractivity contribution in [1.82, 2.24) is 0 Å². The van der Waals surface area contributed by atoms with Gasteiger partial charge < -0.3 is 14.6 Å². The van der Waals surface area contributed by atoms with Crippen LogP contribution in [-0.4, -0.2) is 33.2 Å². The Morgan fingerprint density at radius 3 is 2.42 bits per heavy atom. The topological polar surface area (TPSA) is 102 Å². The molecule has 0 unspecified atom stereocenters. The van der Waals surface area contributed by atoms with Gasteiger partial charge in [0.25, 0.3) is 10.0 Å². The van der Waals surface area contributed by atoms with E-state index < -0.39 is 28.4 Å². The highest BCUT2D eigenvalue weighted by Gasteiger charge is 2.15. The SMILES string of the molecule is COc1cc(F)cc(NS(=O)(=O)c2ccc(OCC(=O)O)cc2)c1. The van der Waals surface area contributed by atoms with Gasteiger partial charge in [-0.15, -0.1) is 0 Å². The van der Waals surface area contributed by atoms with Crippen LogP contribution < -0.4 is 14.2 Å². The summed E-state index contributed by atoms with van der Waals surface area (Å²) in [6.07, 6.45) is 0. The summed E-state index contributed by atoms with van der Waals surface area (Å²) < 4.78 is 50.0. The minimum absolute atomic E-state index is 0.0121. The molecule has 24 heavy (non-hydrogen) atoms. The maximum atomic E-state index is 13.4. The Labute approximate surface area is 137 Å². The van der Waals surface area contributed by atoms with Gasteiger partial charge in [0.2, 0.25) is 0 Å². The van der Waals surface area contributed by atoms with Crippen molar-refractivity contribution in [1.29, 1.82) is 0 Å². The van der Waals surface area contributed by atoms with E-state index in [1.807, 2.05) is 0 Å². The van der Waals surface area contributed by atoms with Crippen molar-refractivity contribution in [3.05, 3.63) is 48.3 Å². The molecular formula is C15H14FNO6S. The summed E-state index contributed by atoms with van der Waals surface area (Å²) in [6.45, 7) is -0.534. The molecule has 0 aliphatic heterocycles. The van der Waals surface area contributed by atoms with Crippen LogP contribution >= 0.6 is 0 Å². The first-order valence-electron chi connectivity index (χ1n) is 6.62. The van der Waals surface area contributed by atoms with Gasteiger partial charge in [-0.2, -0.15) is 0 Å². The molecule has 0 fully saturated rings. The molecule has 7 nitrogen and oxygen atoms in total. The van der Waals surface area contributed by atoms with Crippen molar-refractivity contribution in [2.75, 3.05) is 18.4 Å². The Morgan fingerprint density at radius 1 is 1.17 bits per heavy atom. The Balaban J connectivity index is 2.18. The molecule has 0 amide bonds. The summed E-state index contributed by atoms with van der Waals surface area (Å²) in [7, 11) is -2.61. The molecule has 0 atom stereocenters.